The van der Waals surface area contributed by atoms with Crippen molar-refractivity contribution in [2.24, 2.45) is 0 Å². The average Bonchev–Trinajstić information content (AvgIpc) is 2.39. The maximum atomic E-state index is 11.2. The fourth-order valence-corrected chi connectivity index (χ4v) is 2.15. The highest BCUT2D eigenvalue weighted by molar-refractivity contribution is 6.42. The number of aromatic nitrogens is 2. The first kappa shape index (κ1) is 14.2. The second-order valence-corrected chi connectivity index (χ2v) is 4.98. The summed E-state index contributed by atoms with van der Waals surface area (Å²) in [5, 5.41) is 10.1. The molecule has 0 saturated heterocycles. The molecule has 7 heteroatoms. The van der Waals surface area contributed by atoms with Gasteiger partial charge < -0.3 is 5.32 Å². The highest BCUT2D eigenvalue weighted by Gasteiger charge is 2.06. The van der Waals surface area contributed by atoms with Crippen molar-refractivity contribution in [1.29, 1.82) is 0 Å². The SMILES string of the molecule is O=c1[nH]ncc(NCCc2cccc(Cl)c2Cl)c1Cl. The molecule has 2 rings (SSSR count). The van der Waals surface area contributed by atoms with Gasteiger partial charge in [0.2, 0.25) is 0 Å². The summed E-state index contributed by atoms with van der Waals surface area (Å²) in [6.45, 7) is 0.560. The number of rotatable bonds is 4. The minimum Gasteiger partial charge on any atom is -0.382 e. The Morgan fingerprint density at radius 3 is 2.79 bits per heavy atom. The molecule has 0 fully saturated rings. The number of halogens is 3. The number of benzene rings is 1. The van der Waals surface area contributed by atoms with Crippen LogP contribution in [-0.2, 0) is 6.42 Å². The third-order valence-corrected chi connectivity index (χ3v) is 3.77. The summed E-state index contributed by atoms with van der Waals surface area (Å²) in [6.07, 6.45) is 2.12. The Kier molecular flexibility index (Phi) is 4.69. The topological polar surface area (TPSA) is 57.8 Å². The quantitative estimate of drug-likeness (QED) is 0.908. The Bertz CT molecular complexity index is 642. The van der Waals surface area contributed by atoms with E-state index < -0.39 is 5.56 Å². The van der Waals surface area contributed by atoms with Crippen LogP contribution < -0.4 is 10.9 Å². The molecule has 0 aliphatic rings. The van der Waals surface area contributed by atoms with E-state index in [0.717, 1.165) is 5.56 Å². The number of hydrogen-bond acceptors (Lipinski definition) is 3. The van der Waals surface area contributed by atoms with Crippen molar-refractivity contribution in [2.45, 2.75) is 6.42 Å². The first-order chi connectivity index (χ1) is 9.09. The third-order valence-electron chi connectivity index (χ3n) is 2.54. The number of anilines is 1. The fourth-order valence-electron chi connectivity index (χ4n) is 1.58. The molecule has 1 heterocycles. The van der Waals surface area contributed by atoms with Gasteiger partial charge in [0.25, 0.3) is 5.56 Å². The third kappa shape index (κ3) is 3.41. The van der Waals surface area contributed by atoms with E-state index in [1.54, 1.807) is 6.07 Å². The van der Waals surface area contributed by atoms with Gasteiger partial charge in [0.1, 0.15) is 5.02 Å². The predicted molar refractivity (Wildman–Crippen MR) is 78.5 cm³/mol. The van der Waals surface area contributed by atoms with E-state index in [2.05, 4.69) is 15.5 Å². The van der Waals surface area contributed by atoms with Crippen LogP contribution in [0.25, 0.3) is 0 Å². The average molecular weight is 319 g/mol. The highest BCUT2D eigenvalue weighted by Crippen LogP contribution is 2.26. The first-order valence-corrected chi connectivity index (χ1v) is 6.63. The van der Waals surface area contributed by atoms with E-state index in [1.165, 1.54) is 6.20 Å². The number of H-pyrrole nitrogens is 1. The van der Waals surface area contributed by atoms with Gasteiger partial charge in [-0.3, -0.25) is 4.79 Å². The number of aromatic amines is 1. The molecule has 0 atom stereocenters. The van der Waals surface area contributed by atoms with Crippen LogP contribution in [0.1, 0.15) is 5.56 Å². The van der Waals surface area contributed by atoms with E-state index in [4.69, 9.17) is 34.8 Å². The van der Waals surface area contributed by atoms with Gasteiger partial charge in [-0.05, 0) is 18.1 Å². The zero-order valence-corrected chi connectivity index (χ0v) is 12.0. The van der Waals surface area contributed by atoms with Crippen molar-refractivity contribution in [3.63, 3.8) is 0 Å². The van der Waals surface area contributed by atoms with Crippen LogP contribution in [0.4, 0.5) is 5.69 Å². The Labute approximate surface area is 124 Å². The second kappa shape index (κ2) is 6.28. The molecule has 1 aromatic carbocycles. The van der Waals surface area contributed by atoms with Crippen molar-refractivity contribution >= 4 is 40.5 Å². The Hall–Kier alpha value is -1.23. The molecule has 1 aromatic heterocycles. The summed E-state index contributed by atoms with van der Waals surface area (Å²) >= 11 is 17.8. The lowest BCUT2D eigenvalue weighted by Crippen LogP contribution is -2.13. The summed E-state index contributed by atoms with van der Waals surface area (Å²) in [6, 6.07) is 5.47. The molecule has 100 valence electrons. The molecule has 0 saturated carbocycles. The Morgan fingerprint density at radius 1 is 1.21 bits per heavy atom. The lowest BCUT2D eigenvalue weighted by atomic mass is 10.1. The first-order valence-electron chi connectivity index (χ1n) is 5.49. The van der Waals surface area contributed by atoms with Crippen molar-refractivity contribution in [2.75, 3.05) is 11.9 Å². The Morgan fingerprint density at radius 2 is 2.00 bits per heavy atom. The summed E-state index contributed by atoms with van der Waals surface area (Å²) in [4.78, 5) is 11.2. The normalized spacial score (nSPS) is 10.5. The largest absolute Gasteiger partial charge is 0.382 e. The molecule has 2 aromatic rings. The van der Waals surface area contributed by atoms with Crippen molar-refractivity contribution in [1.82, 2.24) is 10.2 Å². The molecule has 0 radical (unpaired) electrons. The standard InChI is InChI=1S/C12H10Cl3N3O/c13-8-3-1-2-7(10(8)14)4-5-16-9-6-17-18-12(19)11(9)15/h1-3,6H,4-5H2,(H2,16,18,19). The number of nitrogens with zero attached hydrogens (tertiary/aromatic N) is 1. The van der Waals surface area contributed by atoms with E-state index >= 15 is 0 Å². The zero-order valence-electron chi connectivity index (χ0n) is 9.71. The van der Waals surface area contributed by atoms with Crippen molar-refractivity contribution < 1.29 is 0 Å². The molecule has 2 N–H and O–H groups in total. The summed E-state index contributed by atoms with van der Waals surface area (Å²) in [5.74, 6) is 0. The minimum atomic E-state index is -0.424. The van der Waals surface area contributed by atoms with Gasteiger partial charge in [-0.2, -0.15) is 5.10 Å². The molecule has 0 aliphatic carbocycles. The second-order valence-electron chi connectivity index (χ2n) is 3.82. The zero-order chi connectivity index (χ0) is 13.8. The van der Waals surface area contributed by atoms with Crippen LogP contribution in [0.3, 0.4) is 0 Å². The smallest absolute Gasteiger partial charge is 0.285 e. The molecule has 19 heavy (non-hydrogen) atoms. The monoisotopic (exact) mass is 317 g/mol. The maximum Gasteiger partial charge on any atom is 0.285 e. The lowest BCUT2D eigenvalue weighted by molar-refractivity contribution is 0.969. The molecule has 0 aliphatic heterocycles. The molecule has 0 unspecified atom stereocenters. The minimum absolute atomic E-state index is 0.0900. The summed E-state index contributed by atoms with van der Waals surface area (Å²) in [7, 11) is 0. The summed E-state index contributed by atoms with van der Waals surface area (Å²) < 4.78 is 0. The van der Waals surface area contributed by atoms with E-state index in [9.17, 15) is 4.79 Å². The molecule has 4 nitrogen and oxygen atoms in total. The van der Waals surface area contributed by atoms with E-state index in [1.807, 2.05) is 12.1 Å². The van der Waals surface area contributed by atoms with Crippen LogP contribution >= 0.6 is 34.8 Å². The van der Waals surface area contributed by atoms with Gasteiger partial charge in [-0.1, -0.05) is 46.9 Å². The van der Waals surface area contributed by atoms with Gasteiger partial charge >= 0.3 is 0 Å². The number of hydrogen-bond donors (Lipinski definition) is 2. The molecular weight excluding hydrogens is 309 g/mol. The van der Waals surface area contributed by atoms with Gasteiger partial charge in [0, 0.05) is 6.54 Å². The van der Waals surface area contributed by atoms with Crippen molar-refractivity contribution in [3.8, 4) is 0 Å². The van der Waals surface area contributed by atoms with Gasteiger partial charge in [-0.15, -0.1) is 0 Å². The van der Waals surface area contributed by atoms with E-state index in [-0.39, 0.29) is 5.02 Å². The van der Waals surface area contributed by atoms with Gasteiger partial charge in [0.05, 0.1) is 21.9 Å². The number of nitrogens with one attached hydrogen (secondary N) is 2. The van der Waals surface area contributed by atoms with E-state index in [0.29, 0.717) is 28.7 Å². The predicted octanol–water partition coefficient (Wildman–Crippen LogP) is 3.38. The van der Waals surface area contributed by atoms with Gasteiger partial charge in [0.15, 0.2) is 0 Å². The Balaban J connectivity index is 2.02. The van der Waals surface area contributed by atoms with Crippen LogP contribution in [0.15, 0.2) is 29.2 Å². The van der Waals surface area contributed by atoms with Crippen LogP contribution in [0, 0.1) is 0 Å². The molecule has 0 bridgehead atoms. The molecular formula is C12H10Cl3N3O. The molecule has 0 amide bonds. The van der Waals surface area contributed by atoms with Gasteiger partial charge in [-0.25, -0.2) is 5.10 Å². The highest BCUT2D eigenvalue weighted by atomic mass is 35.5. The maximum absolute atomic E-state index is 11.2. The fraction of sp³-hybridized carbons (Fsp3) is 0.167. The van der Waals surface area contributed by atoms with Crippen LogP contribution in [0.5, 0.6) is 0 Å². The summed E-state index contributed by atoms with van der Waals surface area (Å²) in [5.41, 5.74) is 0.992. The van der Waals surface area contributed by atoms with Crippen LogP contribution in [-0.4, -0.2) is 16.7 Å². The molecule has 0 spiro atoms. The lowest BCUT2D eigenvalue weighted by Gasteiger charge is -2.08. The van der Waals surface area contributed by atoms with Crippen molar-refractivity contribution in [3.05, 3.63) is 55.4 Å². The van der Waals surface area contributed by atoms with Crippen LogP contribution in [0.2, 0.25) is 15.1 Å².